The number of ether oxygens (including phenoxy) is 1. The molecule has 2 aromatic rings. The van der Waals surface area contributed by atoms with Crippen LogP contribution in [0, 0.1) is 0 Å². The van der Waals surface area contributed by atoms with E-state index in [0.29, 0.717) is 15.6 Å². The highest BCUT2D eigenvalue weighted by Gasteiger charge is 2.15. The topological polar surface area (TPSA) is 41.6 Å². The number of morpholine rings is 1. The van der Waals surface area contributed by atoms with E-state index < -0.39 is 0 Å². The van der Waals surface area contributed by atoms with Crippen LogP contribution in [0.25, 0.3) is 0 Å². The zero-order valence-electron chi connectivity index (χ0n) is 14.7. The minimum atomic E-state index is -0.167. The maximum Gasteiger partial charge on any atom is 0.251 e. The lowest BCUT2D eigenvalue weighted by atomic mass is 10.1. The molecular weight excluding hydrogens is 371 g/mol. The lowest BCUT2D eigenvalue weighted by Gasteiger charge is -2.26. The van der Waals surface area contributed by atoms with Gasteiger partial charge in [-0.15, -0.1) is 0 Å². The molecule has 1 saturated heterocycles. The van der Waals surface area contributed by atoms with Crippen LogP contribution in [0.15, 0.2) is 42.5 Å². The van der Waals surface area contributed by atoms with Crippen molar-refractivity contribution >= 4 is 29.1 Å². The summed E-state index contributed by atoms with van der Waals surface area (Å²) in [7, 11) is 0. The summed E-state index contributed by atoms with van der Waals surface area (Å²) < 4.78 is 5.38. The van der Waals surface area contributed by atoms with Gasteiger partial charge >= 0.3 is 0 Å². The van der Waals surface area contributed by atoms with E-state index >= 15 is 0 Å². The number of hydrogen-bond acceptors (Lipinski definition) is 3. The smallest absolute Gasteiger partial charge is 0.251 e. The monoisotopic (exact) mass is 392 g/mol. The summed E-state index contributed by atoms with van der Waals surface area (Å²) in [6, 6.07) is 13.0. The Labute approximate surface area is 164 Å². The van der Waals surface area contributed by atoms with Crippen molar-refractivity contribution in [3.05, 3.63) is 69.2 Å². The molecule has 0 aliphatic carbocycles. The van der Waals surface area contributed by atoms with Crippen molar-refractivity contribution < 1.29 is 9.53 Å². The number of halogens is 2. The van der Waals surface area contributed by atoms with E-state index in [2.05, 4.69) is 16.3 Å². The normalized spacial score (nSPS) is 16.3. The highest BCUT2D eigenvalue weighted by molar-refractivity contribution is 6.42. The molecule has 2 aromatic carbocycles. The second kappa shape index (κ2) is 8.87. The molecular formula is C20H22Cl2N2O2. The molecule has 138 valence electrons. The first-order chi connectivity index (χ1) is 12.5. The van der Waals surface area contributed by atoms with Gasteiger partial charge in [0, 0.05) is 25.2 Å². The molecule has 0 radical (unpaired) electrons. The van der Waals surface area contributed by atoms with Crippen LogP contribution in [0.3, 0.4) is 0 Å². The predicted molar refractivity (Wildman–Crippen MR) is 105 cm³/mol. The fourth-order valence-electron chi connectivity index (χ4n) is 2.97. The van der Waals surface area contributed by atoms with Gasteiger partial charge < -0.3 is 10.1 Å². The quantitative estimate of drug-likeness (QED) is 0.823. The van der Waals surface area contributed by atoms with Crippen LogP contribution in [0.1, 0.15) is 34.5 Å². The van der Waals surface area contributed by atoms with Gasteiger partial charge in [-0.25, -0.2) is 0 Å². The Balaban J connectivity index is 1.65. The highest BCUT2D eigenvalue weighted by Crippen LogP contribution is 2.25. The van der Waals surface area contributed by atoms with E-state index in [-0.39, 0.29) is 11.9 Å². The Hall–Kier alpha value is -1.59. The summed E-state index contributed by atoms with van der Waals surface area (Å²) in [5.74, 6) is -0.104. The Morgan fingerprint density at radius 2 is 1.92 bits per heavy atom. The van der Waals surface area contributed by atoms with Gasteiger partial charge in [-0.3, -0.25) is 9.69 Å². The van der Waals surface area contributed by atoms with Crippen LogP contribution in [-0.4, -0.2) is 37.1 Å². The van der Waals surface area contributed by atoms with Crippen molar-refractivity contribution in [2.45, 2.75) is 19.5 Å². The van der Waals surface area contributed by atoms with Crippen LogP contribution in [0.2, 0.25) is 10.0 Å². The van der Waals surface area contributed by atoms with E-state index in [0.717, 1.165) is 44.0 Å². The summed E-state index contributed by atoms with van der Waals surface area (Å²) in [5.41, 5.74) is 2.70. The molecule has 1 amide bonds. The van der Waals surface area contributed by atoms with Gasteiger partial charge in [-0.1, -0.05) is 41.4 Å². The summed E-state index contributed by atoms with van der Waals surface area (Å²) in [6.45, 7) is 6.13. The van der Waals surface area contributed by atoms with Crippen LogP contribution >= 0.6 is 23.2 Å². The molecule has 1 unspecified atom stereocenters. The van der Waals surface area contributed by atoms with Crippen LogP contribution in [0.5, 0.6) is 0 Å². The number of nitrogens with one attached hydrogen (secondary N) is 1. The third-order valence-corrected chi connectivity index (χ3v) is 5.23. The molecule has 4 nitrogen and oxygen atoms in total. The third kappa shape index (κ3) is 4.98. The Morgan fingerprint density at radius 3 is 2.65 bits per heavy atom. The molecule has 0 bridgehead atoms. The maximum atomic E-state index is 12.6. The van der Waals surface area contributed by atoms with Crippen molar-refractivity contribution in [3.63, 3.8) is 0 Å². The average molecular weight is 393 g/mol. The SMILES string of the molecule is CC(NC(=O)c1cccc(CN2CCOCC2)c1)c1ccc(Cl)c(Cl)c1. The molecule has 1 fully saturated rings. The number of nitrogens with zero attached hydrogens (tertiary/aromatic N) is 1. The number of hydrogen-bond donors (Lipinski definition) is 1. The predicted octanol–water partition coefficient (Wildman–Crippen LogP) is 4.32. The Kier molecular flexibility index (Phi) is 6.54. The molecule has 0 aromatic heterocycles. The standard InChI is InChI=1S/C20H22Cl2N2O2/c1-14(16-5-6-18(21)19(22)12-16)23-20(25)17-4-2-3-15(11-17)13-24-7-9-26-10-8-24/h2-6,11-12,14H,7-10,13H2,1H3,(H,23,25). The summed E-state index contributed by atoms with van der Waals surface area (Å²) in [6.07, 6.45) is 0. The molecule has 3 rings (SSSR count). The third-order valence-electron chi connectivity index (χ3n) is 4.49. The van der Waals surface area contributed by atoms with Gasteiger partial charge in [0.25, 0.3) is 5.91 Å². The number of amides is 1. The van der Waals surface area contributed by atoms with Gasteiger partial charge in [-0.2, -0.15) is 0 Å². The molecule has 1 aliphatic rings. The minimum Gasteiger partial charge on any atom is -0.379 e. The molecule has 6 heteroatoms. The van der Waals surface area contributed by atoms with Crippen molar-refractivity contribution in [1.82, 2.24) is 10.2 Å². The van der Waals surface area contributed by atoms with Gasteiger partial charge in [0.05, 0.1) is 29.3 Å². The second-order valence-corrected chi connectivity index (χ2v) is 7.27. The van der Waals surface area contributed by atoms with Crippen LogP contribution < -0.4 is 5.32 Å². The van der Waals surface area contributed by atoms with Gasteiger partial charge in [0.2, 0.25) is 0 Å². The largest absolute Gasteiger partial charge is 0.379 e. The lowest BCUT2D eigenvalue weighted by Crippen LogP contribution is -2.35. The Morgan fingerprint density at radius 1 is 1.15 bits per heavy atom. The van der Waals surface area contributed by atoms with E-state index in [1.807, 2.05) is 31.2 Å². The van der Waals surface area contributed by atoms with E-state index in [9.17, 15) is 4.79 Å². The fourth-order valence-corrected chi connectivity index (χ4v) is 3.28. The molecule has 26 heavy (non-hydrogen) atoms. The summed E-state index contributed by atoms with van der Waals surface area (Å²) in [5, 5.41) is 4.00. The number of carbonyl (C=O) groups is 1. The molecule has 1 N–H and O–H groups in total. The van der Waals surface area contributed by atoms with Crippen molar-refractivity contribution in [1.29, 1.82) is 0 Å². The number of carbonyl (C=O) groups excluding carboxylic acids is 1. The van der Waals surface area contributed by atoms with Crippen molar-refractivity contribution in [3.8, 4) is 0 Å². The fraction of sp³-hybridized carbons (Fsp3) is 0.350. The second-order valence-electron chi connectivity index (χ2n) is 6.46. The van der Waals surface area contributed by atoms with E-state index in [1.165, 1.54) is 0 Å². The molecule has 0 saturated carbocycles. The molecule has 1 atom stereocenters. The highest BCUT2D eigenvalue weighted by atomic mass is 35.5. The minimum absolute atomic E-state index is 0.104. The zero-order valence-corrected chi connectivity index (χ0v) is 16.2. The molecule has 1 aliphatic heterocycles. The molecule has 1 heterocycles. The van der Waals surface area contributed by atoms with Crippen LogP contribution in [0.4, 0.5) is 0 Å². The first kappa shape index (κ1) is 19.2. The lowest BCUT2D eigenvalue weighted by molar-refractivity contribution is 0.0342. The average Bonchev–Trinajstić information content (AvgIpc) is 2.65. The molecule has 0 spiro atoms. The number of rotatable bonds is 5. The van der Waals surface area contributed by atoms with E-state index in [1.54, 1.807) is 12.1 Å². The summed E-state index contributed by atoms with van der Waals surface area (Å²) >= 11 is 12.0. The van der Waals surface area contributed by atoms with Crippen LogP contribution in [-0.2, 0) is 11.3 Å². The van der Waals surface area contributed by atoms with Gasteiger partial charge in [-0.05, 0) is 42.3 Å². The Bertz CT molecular complexity index is 776. The van der Waals surface area contributed by atoms with E-state index in [4.69, 9.17) is 27.9 Å². The first-order valence-corrected chi connectivity index (χ1v) is 9.43. The summed E-state index contributed by atoms with van der Waals surface area (Å²) in [4.78, 5) is 15.0. The zero-order chi connectivity index (χ0) is 18.5. The first-order valence-electron chi connectivity index (χ1n) is 8.68. The number of benzene rings is 2. The maximum absolute atomic E-state index is 12.6. The van der Waals surface area contributed by atoms with Gasteiger partial charge in [0.15, 0.2) is 0 Å². The van der Waals surface area contributed by atoms with Gasteiger partial charge in [0.1, 0.15) is 0 Å². The van der Waals surface area contributed by atoms with Crippen molar-refractivity contribution in [2.75, 3.05) is 26.3 Å². The van der Waals surface area contributed by atoms with Crippen molar-refractivity contribution in [2.24, 2.45) is 0 Å².